The Labute approximate surface area is 208 Å². The first-order valence-electron chi connectivity index (χ1n) is 10.4. The van der Waals surface area contributed by atoms with Crippen molar-refractivity contribution >= 4 is 39.5 Å². The number of carbonyl (C=O) groups excluding carboxylic acids is 2. The summed E-state index contributed by atoms with van der Waals surface area (Å²) in [5.41, 5.74) is 4.27. The molecule has 1 aromatic heterocycles. The first kappa shape index (κ1) is 22.4. The zero-order chi connectivity index (χ0) is 24.0. The van der Waals surface area contributed by atoms with E-state index in [-0.39, 0.29) is 23.4 Å². The summed E-state index contributed by atoms with van der Waals surface area (Å²) >= 11 is 4.69. The van der Waals surface area contributed by atoms with E-state index in [0.29, 0.717) is 27.7 Å². The minimum atomic E-state index is -0.324. The Morgan fingerprint density at radius 2 is 1.62 bits per heavy atom. The molecule has 0 radical (unpaired) electrons. The van der Waals surface area contributed by atoms with E-state index in [4.69, 9.17) is 0 Å². The van der Waals surface area contributed by atoms with E-state index in [0.717, 1.165) is 21.3 Å². The topological polar surface area (TPSA) is 88.3 Å². The SMILES string of the molecule is Cc1ccc(-n2c(SCN3C(=O)c4ccccc4C3=O)nnc2-c2cc(Br)ccc2O)c(C)c1. The molecule has 0 aliphatic carbocycles. The number of thioether (sulfide) groups is 1. The Kier molecular flexibility index (Phi) is 5.75. The summed E-state index contributed by atoms with van der Waals surface area (Å²) in [6.07, 6.45) is 0. The van der Waals surface area contributed by atoms with Crippen LogP contribution in [0.1, 0.15) is 31.8 Å². The van der Waals surface area contributed by atoms with Crippen LogP contribution in [0.15, 0.2) is 70.3 Å². The third kappa shape index (κ3) is 3.80. The molecule has 0 atom stereocenters. The monoisotopic (exact) mass is 534 g/mol. The van der Waals surface area contributed by atoms with E-state index >= 15 is 0 Å². The first-order valence-corrected chi connectivity index (χ1v) is 12.2. The molecule has 0 unspecified atom stereocenters. The van der Waals surface area contributed by atoms with Gasteiger partial charge in [-0.15, -0.1) is 10.2 Å². The van der Waals surface area contributed by atoms with Crippen LogP contribution in [0.3, 0.4) is 0 Å². The van der Waals surface area contributed by atoms with Crippen LogP contribution in [0.4, 0.5) is 0 Å². The van der Waals surface area contributed by atoms with Gasteiger partial charge in [-0.05, 0) is 55.8 Å². The van der Waals surface area contributed by atoms with Gasteiger partial charge in [0.25, 0.3) is 11.8 Å². The highest BCUT2D eigenvalue weighted by molar-refractivity contribution is 9.10. The lowest BCUT2D eigenvalue weighted by Gasteiger charge is -2.16. The number of amides is 2. The number of hydrogen-bond acceptors (Lipinski definition) is 6. The molecular formula is C25H19BrN4O3S. The Balaban J connectivity index is 1.56. The van der Waals surface area contributed by atoms with Gasteiger partial charge in [0.15, 0.2) is 11.0 Å². The third-order valence-corrected chi connectivity index (χ3v) is 7.03. The summed E-state index contributed by atoms with van der Waals surface area (Å²) in [5, 5.41) is 19.8. The Morgan fingerprint density at radius 1 is 0.912 bits per heavy atom. The normalized spacial score (nSPS) is 13.0. The average molecular weight is 535 g/mol. The van der Waals surface area contributed by atoms with Gasteiger partial charge in [0, 0.05) is 4.47 Å². The van der Waals surface area contributed by atoms with E-state index in [9.17, 15) is 14.7 Å². The van der Waals surface area contributed by atoms with Gasteiger partial charge in [-0.1, -0.05) is 57.5 Å². The lowest BCUT2D eigenvalue weighted by atomic mass is 10.1. The largest absolute Gasteiger partial charge is 0.507 e. The van der Waals surface area contributed by atoms with Crippen LogP contribution < -0.4 is 0 Å². The summed E-state index contributed by atoms with van der Waals surface area (Å²) in [5.74, 6) is -0.0416. The molecule has 2 amide bonds. The number of nitrogens with zero attached hydrogens (tertiary/aromatic N) is 4. The van der Waals surface area contributed by atoms with Crippen molar-refractivity contribution in [2.75, 3.05) is 5.88 Å². The molecular weight excluding hydrogens is 516 g/mol. The van der Waals surface area contributed by atoms with Crippen molar-refractivity contribution in [3.8, 4) is 22.8 Å². The zero-order valence-corrected chi connectivity index (χ0v) is 20.7. The van der Waals surface area contributed by atoms with Crippen molar-refractivity contribution in [3.05, 3.63) is 87.4 Å². The van der Waals surface area contributed by atoms with Crippen molar-refractivity contribution in [1.29, 1.82) is 0 Å². The zero-order valence-electron chi connectivity index (χ0n) is 18.3. The number of aryl methyl sites for hydroxylation is 2. The lowest BCUT2D eigenvalue weighted by molar-refractivity contribution is 0.0684. The second-order valence-electron chi connectivity index (χ2n) is 7.95. The number of aromatic hydroxyl groups is 1. The highest BCUT2D eigenvalue weighted by atomic mass is 79.9. The van der Waals surface area contributed by atoms with Crippen LogP contribution in [-0.4, -0.2) is 42.5 Å². The van der Waals surface area contributed by atoms with Crippen LogP contribution in [0.25, 0.3) is 17.1 Å². The van der Waals surface area contributed by atoms with Crippen molar-refractivity contribution in [1.82, 2.24) is 19.7 Å². The minimum absolute atomic E-state index is 0.0681. The molecule has 0 saturated heterocycles. The predicted octanol–water partition coefficient (Wildman–Crippen LogP) is 5.37. The van der Waals surface area contributed by atoms with Crippen molar-refractivity contribution in [2.24, 2.45) is 0 Å². The molecule has 4 aromatic rings. The van der Waals surface area contributed by atoms with E-state index in [1.165, 1.54) is 16.7 Å². The second-order valence-corrected chi connectivity index (χ2v) is 9.78. The molecule has 0 saturated carbocycles. The molecule has 1 aliphatic rings. The van der Waals surface area contributed by atoms with E-state index < -0.39 is 0 Å². The summed E-state index contributed by atoms with van der Waals surface area (Å²) in [6, 6.07) is 17.9. The first-order chi connectivity index (χ1) is 16.3. The molecule has 5 rings (SSSR count). The highest BCUT2D eigenvalue weighted by Gasteiger charge is 2.35. The smallest absolute Gasteiger partial charge is 0.262 e. The maximum atomic E-state index is 12.8. The summed E-state index contributed by atoms with van der Waals surface area (Å²) in [6.45, 7) is 4.01. The van der Waals surface area contributed by atoms with Crippen LogP contribution in [0, 0.1) is 13.8 Å². The average Bonchev–Trinajstić information content (AvgIpc) is 3.33. The fourth-order valence-corrected chi connectivity index (χ4v) is 5.23. The third-order valence-electron chi connectivity index (χ3n) is 5.63. The quantitative estimate of drug-likeness (QED) is 0.273. The molecule has 2 heterocycles. The molecule has 170 valence electrons. The maximum Gasteiger partial charge on any atom is 0.262 e. The van der Waals surface area contributed by atoms with Crippen LogP contribution in [-0.2, 0) is 0 Å². The fourth-order valence-electron chi connectivity index (χ4n) is 3.98. The number of rotatable bonds is 5. The number of halogens is 1. The van der Waals surface area contributed by atoms with Gasteiger partial charge in [-0.3, -0.25) is 19.1 Å². The number of imide groups is 1. The van der Waals surface area contributed by atoms with Gasteiger partial charge in [0.05, 0.1) is 28.3 Å². The number of hydrogen-bond donors (Lipinski definition) is 1. The van der Waals surface area contributed by atoms with E-state index in [2.05, 4.69) is 32.2 Å². The lowest BCUT2D eigenvalue weighted by Crippen LogP contribution is -2.29. The van der Waals surface area contributed by atoms with E-state index in [1.54, 1.807) is 42.5 Å². The molecule has 1 aliphatic heterocycles. The molecule has 34 heavy (non-hydrogen) atoms. The van der Waals surface area contributed by atoms with E-state index in [1.807, 2.05) is 30.5 Å². The number of benzene rings is 3. The number of phenols is 1. The molecule has 7 nitrogen and oxygen atoms in total. The van der Waals surface area contributed by atoms with Gasteiger partial charge < -0.3 is 5.11 Å². The standard InChI is InChI=1S/C25H19BrN4O3S/c1-14-7-9-20(15(2)11-14)30-22(19-12-16(26)8-10-21(19)31)27-28-25(30)34-13-29-23(32)17-5-3-4-6-18(17)24(29)33/h3-12,31H,13H2,1-2H3. The van der Waals surface area contributed by atoms with Crippen molar-refractivity contribution < 1.29 is 14.7 Å². The second kappa shape index (κ2) is 8.73. The van der Waals surface area contributed by atoms with Gasteiger partial charge >= 0.3 is 0 Å². The van der Waals surface area contributed by atoms with Gasteiger partial charge in [0.2, 0.25) is 0 Å². The van der Waals surface area contributed by atoms with Crippen LogP contribution in [0.5, 0.6) is 5.75 Å². The minimum Gasteiger partial charge on any atom is -0.507 e. The number of fused-ring (bicyclic) bond motifs is 1. The molecule has 9 heteroatoms. The molecule has 1 N–H and O–H groups in total. The summed E-state index contributed by atoms with van der Waals surface area (Å²) in [7, 11) is 0. The maximum absolute atomic E-state index is 12.8. The molecule has 0 spiro atoms. The fraction of sp³-hybridized carbons (Fsp3) is 0.120. The Morgan fingerprint density at radius 3 is 2.29 bits per heavy atom. The van der Waals surface area contributed by atoms with Crippen molar-refractivity contribution in [3.63, 3.8) is 0 Å². The van der Waals surface area contributed by atoms with Crippen LogP contribution in [0.2, 0.25) is 0 Å². The van der Waals surface area contributed by atoms with Crippen molar-refractivity contribution in [2.45, 2.75) is 19.0 Å². The molecule has 0 bridgehead atoms. The molecule has 3 aromatic carbocycles. The number of aromatic nitrogens is 3. The summed E-state index contributed by atoms with van der Waals surface area (Å²) in [4.78, 5) is 26.8. The Hall–Kier alpha value is -3.43. The molecule has 0 fully saturated rings. The van der Waals surface area contributed by atoms with Gasteiger partial charge in [0.1, 0.15) is 5.75 Å². The van der Waals surface area contributed by atoms with Gasteiger partial charge in [-0.25, -0.2) is 0 Å². The Bertz CT molecular complexity index is 1430. The van der Waals surface area contributed by atoms with Gasteiger partial charge in [-0.2, -0.15) is 0 Å². The number of carbonyl (C=O) groups is 2. The number of phenolic OH excluding ortho intramolecular Hbond substituents is 1. The predicted molar refractivity (Wildman–Crippen MR) is 133 cm³/mol. The highest BCUT2D eigenvalue weighted by Crippen LogP contribution is 2.36. The summed E-state index contributed by atoms with van der Waals surface area (Å²) < 4.78 is 2.63. The van der Waals surface area contributed by atoms with Crippen LogP contribution >= 0.6 is 27.7 Å².